The minimum atomic E-state index is -0.167. The number of aromatic amines is 1. The zero-order valence-electron chi connectivity index (χ0n) is 10.4. The second kappa shape index (κ2) is 4.93. The van der Waals surface area contributed by atoms with Crippen LogP contribution in [0.25, 0.3) is 5.65 Å². The maximum absolute atomic E-state index is 11.4. The van der Waals surface area contributed by atoms with E-state index in [0.717, 1.165) is 11.3 Å². The quantitative estimate of drug-likeness (QED) is 0.733. The Morgan fingerprint density at radius 2 is 2.32 bits per heavy atom. The fraction of sp³-hybridized carbons (Fsp3) is 0.250. The molecule has 0 fully saturated rings. The Labute approximate surface area is 113 Å². The smallest absolute Gasteiger partial charge is 0.307 e. The highest BCUT2D eigenvalue weighted by Crippen LogP contribution is 2.19. The highest BCUT2D eigenvalue weighted by atomic mass is 32.2. The predicted octanol–water partition coefficient (Wildman–Crippen LogP) is 1.53. The highest BCUT2D eigenvalue weighted by Gasteiger charge is 2.08. The summed E-state index contributed by atoms with van der Waals surface area (Å²) in [5.74, 6) is 0.686. The van der Waals surface area contributed by atoms with Gasteiger partial charge in [-0.2, -0.15) is 0 Å². The molecule has 3 aromatic heterocycles. The molecule has 0 aliphatic heterocycles. The van der Waals surface area contributed by atoms with Gasteiger partial charge in [-0.15, -0.1) is 5.10 Å². The lowest BCUT2D eigenvalue weighted by molar-refractivity contribution is 0.660. The molecule has 7 heteroatoms. The van der Waals surface area contributed by atoms with Crippen LogP contribution < -0.4 is 5.69 Å². The summed E-state index contributed by atoms with van der Waals surface area (Å²) in [7, 11) is 0. The number of pyridine rings is 1. The first kappa shape index (κ1) is 12.0. The Hall–Kier alpha value is -2.02. The molecule has 0 atom stereocenters. The average Bonchev–Trinajstić information content (AvgIpc) is 2.99. The van der Waals surface area contributed by atoms with Crippen LogP contribution in [0.2, 0.25) is 0 Å². The molecule has 0 spiro atoms. The Morgan fingerprint density at radius 3 is 3.11 bits per heavy atom. The first-order chi connectivity index (χ1) is 9.28. The number of fused-ring (bicyclic) bond motifs is 1. The van der Waals surface area contributed by atoms with Gasteiger partial charge < -0.3 is 4.40 Å². The van der Waals surface area contributed by atoms with Crippen molar-refractivity contribution < 1.29 is 0 Å². The molecule has 0 aromatic carbocycles. The summed E-state index contributed by atoms with van der Waals surface area (Å²) in [6.45, 7) is 2.54. The number of hydrogen-bond donors (Lipinski definition) is 1. The van der Waals surface area contributed by atoms with Crippen molar-refractivity contribution in [1.82, 2.24) is 24.1 Å². The molecule has 0 radical (unpaired) electrons. The summed E-state index contributed by atoms with van der Waals surface area (Å²) in [6, 6.07) is 5.89. The number of H-pyrrole nitrogens is 1. The Balaban J connectivity index is 1.80. The van der Waals surface area contributed by atoms with Crippen molar-refractivity contribution >= 4 is 17.4 Å². The molecule has 0 unspecified atom stereocenters. The first-order valence-electron chi connectivity index (χ1n) is 5.98. The van der Waals surface area contributed by atoms with Crippen LogP contribution in [0.4, 0.5) is 0 Å². The Bertz CT molecular complexity index is 724. The summed E-state index contributed by atoms with van der Waals surface area (Å²) in [5.41, 5.74) is 1.72. The molecule has 0 aliphatic carbocycles. The van der Waals surface area contributed by atoms with E-state index < -0.39 is 0 Å². The minimum Gasteiger partial charge on any atom is -0.307 e. The van der Waals surface area contributed by atoms with Crippen molar-refractivity contribution in [3.63, 3.8) is 0 Å². The first-order valence-corrected chi connectivity index (χ1v) is 6.97. The lowest BCUT2D eigenvalue weighted by Crippen LogP contribution is -2.16. The van der Waals surface area contributed by atoms with Gasteiger partial charge in [-0.1, -0.05) is 17.8 Å². The molecule has 3 aromatic rings. The van der Waals surface area contributed by atoms with E-state index in [-0.39, 0.29) is 5.69 Å². The van der Waals surface area contributed by atoms with Crippen molar-refractivity contribution in [2.75, 3.05) is 0 Å². The molecule has 0 saturated heterocycles. The second-order valence-electron chi connectivity index (χ2n) is 4.04. The van der Waals surface area contributed by atoms with Crippen LogP contribution in [0.15, 0.2) is 40.5 Å². The van der Waals surface area contributed by atoms with Crippen molar-refractivity contribution in [2.45, 2.75) is 24.4 Å². The fourth-order valence-corrected chi connectivity index (χ4v) is 2.78. The van der Waals surface area contributed by atoms with Crippen LogP contribution in [-0.4, -0.2) is 24.1 Å². The van der Waals surface area contributed by atoms with Crippen LogP contribution in [-0.2, 0) is 12.3 Å². The van der Waals surface area contributed by atoms with E-state index in [1.54, 1.807) is 4.57 Å². The third kappa shape index (κ3) is 2.28. The van der Waals surface area contributed by atoms with E-state index in [2.05, 4.69) is 15.2 Å². The summed E-state index contributed by atoms with van der Waals surface area (Å²) < 4.78 is 3.59. The highest BCUT2D eigenvalue weighted by molar-refractivity contribution is 7.98. The fourth-order valence-electron chi connectivity index (χ4n) is 1.89. The molecule has 3 rings (SSSR count). The van der Waals surface area contributed by atoms with Crippen LogP contribution >= 0.6 is 11.8 Å². The Morgan fingerprint density at radius 1 is 1.42 bits per heavy atom. The van der Waals surface area contributed by atoms with Crippen LogP contribution in [0.5, 0.6) is 0 Å². The minimum absolute atomic E-state index is 0.167. The van der Waals surface area contributed by atoms with E-state index in [0.29, 0.717) is 17.5 Å². The van der Waals surface area contributed by atoms with Crippen LogP contribution in [0.1, 0.15) is 12.6 Å². The number of rotatable bonds is 4. The van der Waals surface area contributed by atoms with E-state index >= 15 is 0 Å². The number of nitrogens with zero attached hydrogens (tertiary/aromatic N) is 4. The van der Waals surface area contributed by atoms with E-state index in [1.165, 1.54) is 11.8 Å². The van der Waals surface area contributed by atoms with Gasteiger partial charge >= 0.3 is 5.69 Å². The average molecular weight is 275 g/mol. The summed E-state index contributed by atoms with van der Waals surface area (Å²) in [6.07, 6.45) is 3.95. The van der Waals surface area contributed by atoms with Crippen molar-refractivity contribution in [3.05, 3.63) is 46.8 Å². The van der Waals surface area contributed by atoms with Crippen molar-refractivity contribution in [2.24, 2.45) is 0 Å². The number of imidazole rings is 1. The molecule has 1 N–H and O–H groups in total. The molecule has 0 bridgehead atoms. The van der Waals surface area contributed by atoms with Gasteiger partial charge in [0, 0.05) is 24.7 Å². The van der Waals surface area contributed by atoms with Crippen LogP contribution in [0, 0.1) is 0 Å². The topological polar surface area (TPSA) is 68.0 Å². The molecular formula is C12H13N5OS. The van der Waals surface area contributed by atoms with Gasteiger partial charge in [-0.25, -0.2) is 14.9 Å². The lowest BCUT2D eigenvalue weighted by atomic mass is 10.5. The molecule has 6 nitrogen and oxygen atoms in total. The SMILES string of the molecule is CCn1c(SCc2cn3ccccc3n2)n[nH]c1=O. The molecule has 98 valence electrons. The molecule has 0 saturated carbocycles. The molecule has 19 heavy (non-hydrogen) atoms. The number of thioether (sulfide) groups is 1. The summed E-state index contributed by atoms with van der Waals surface area (Å²) >= 11 is 1.51. The van der Waals surface area contributed by atoms with E-state index in [4.69, 9.17) is 0 Å². The summed E-state index contributed by atoms with van der Waals surface area (Å²) in [4.78, 5) is 15.9. The second-order valence-corrected chi connectivity index (χ2v) is 4.99. The molecule has 0 aliphatic rings. The number of nitrogens with one attached hydrogen (secondary N) is 1. The Kier molecular flexibility index (Phi) is 3.12. The standard InChI is InChI=1S/C12H13N5OS/c1-2-17-11(18)14-15-12(17)19-8-9-7-16-6-4-3-5-10(16)13-9/h3-7H,2,8H2,1H3,(H,14,18). The normalized spacial score (nSPS) is 11.2. The largest absolute Gasteiger partial charge is 0.343 e. The van der Waals surface area contributed by atoms with Gasteiger partial charge in [0.05, 0.1) is 5.69 Å². The molecule has 3 heterocycles. The third-order valence-electron chi connectivity index (χ3n) is 2.80. The lowest BCUT2D eigenvalue weighted by Gasteiger charge is -1.99. The monoisotopic (exact) mass is 275 g/mol. The van der Waals surface area contributed by atoms with Crippen LogP contribution in [0.3, 0.4) is 0 Å². The van der Waals surface area contributed by atoms with E-state index in [1.807, 2.05) is 41.9 Å². The zero-order valence-corrected chi connectivity index (χ0v) is 11.2. The van der Waals surface area contributed by atoms with Crippen molar-refractivity contribution in [1.29, 1.82) is 0 Å². The van der Waals surface area contributed by atoms with E-state index in [9.17, 15) is 4.79 Å². The van der Waals surface area contributed by atoms with Gasteiger partial charge in [-0.3, -0.25) is 4.57 Å². The number of hydrogen-bond acceptors (Lipinski definition) is 4. The van der Waals surface area contributed by atoms with Gasteiger partial charge in [-0.05, 0) is 19.1 Å². The third-order valence-corrected chi connectivity index (χ3v) is 3.81. The van der Waals surface area contributed by atoms with Gasteiger partial charge in [0.25, 0.3) is 0 Å². The molecule has 0 amide bonds. The van der Waals surface area contributed by atoms with Gasteiger partial charge in [0.15, 0.2) is 5.16 Å². The maximum Gasteiger partial charge on any atom is 0.343 e. The predicted molar refractivity (Wildman–Crippen MR) is 73.3 cm³/mol. The maximum atomic E-state index is 11.4. The number of aromatic nitrogens is 5. The van der Waals surface area contributed by atoms with Gasteiger partial charge in [0.1, 0.15) is 5.65 Å². The van der Waals surface area contributed by atoms with Crippen molar-refractivity contribution in [3.8, 4) is 0 Å². The van der Waals surface area contributed by atoms with Gasteiger partial charge in [0.2, 0.25) is 0 Å². The molecular weight excluding hydrogens is 262 g/mol. The zero-order chi connectivity index (χ0) is 13.2. The summed E-state index contributed by atoms with van der Waals surface area (Å²) in [5, 5.41) is 7.17.